The molecule has 7 atom stereocenters. The summed E-state index contributed by atoms with van der Waals surface area (Å²) in [7, 11) is 1.28. The molecule has 15 heteroatoms. The molecule has 1 amide bonds. The fourth-order valence-electron chi connectivity index (χ4n) is 5.92. The molecular formula is C29H29Cl2F2N5O6. The van der Waals surface area contributed by atoms with Gasteiger partial charge in [0.1, 0.15) is 30.0 Å². The van der Waals surface area contributed by atoms with Crippen LogP contribution in [0.2, 0.25) is 10.0 Å². The van der Waals surface area contributed by atoms with Gasteiger partial charge in [0.05, 0.1) is 41.6 Å². The van der Waals surface area contributed by atoms with E-state index in [0.717, 1.165) is 23.6 Å². The fourth-order valence-corrected chi connectivity index (χ4v) is 6.29. The number of hydrogen-bond acceptors (Lipinski definition) is 9. The molecule has 44 heavy (non-hydrogen) atoms. The number of carbonyl (C=O) groups is 1. The van der Waals surface area contributed by atoms with E-state index in [-0.39, 0.29) is 27.5 Å². The van der Waals surface area contributed by atoms with Gasteiger partial charge < -0.3 is 29.7 Å². The van der Waals surface area contributed by atoms with E-state index in [2.05, 4.69) is 10.3 Å². The zero-order valence-corrected chi connectivity index (χ0v) is 24.9. The lowest BCUT2D eigenvalue weighted by Crippen LogP contribution is -2.63. The molecule has 0 bridgehead atoms. The van der Waals surface area contributed by atoms with Crippen LogP contribution in [0.1, 0.15) is 37.3 Å². The van der Waals surface area contributed by atoms with Crippen LogP contribution in [0, 0.1) is 23.0 Å². The molecule has 1 aromatic heterocycles. The Morgan fingerprint density at radius 2 is 1.95 bits per heavy atom. The molecule has 234 valence electrons. The van der Waals surface area contributed by atoms with E-state index in [0.29, 0.717) is 12.8 Å². The molecule has 2 aromatic carbocycles. The van der Waals surface area contributed by atoms with E-state index in [9.17, 15) is 34.2 Å². The summed E-state index contributed by atoms with van der Waals surface area (Å²) in [6.07, 6.45) is -2.81. The third kappa shape index (κ3) is 6.03. The second-order valence-electron chi connectivity index (χ2n) is 10.7. The van der Waals surface area contributed by atoms with Gasteiger partial charge in [-0.05, 0) is 43.2 Å². The topological polar surface area (TPSA) is 154 Å². The van der Waals surface area contributed by atoms with Crippen LogP contribution in [-0.4, -0.2) is 86.5 Å². The number of nitriles is 1. The van der Waals surface area contributed by atoms with Gasteiger partial charge in [-0.1, -0.05) is 41.3 Å². The molecular weight excluding hydrogens is 623 g/mol. The number of benzene rings is 2. The lowest BCUT2D eigenvalue weighted by molar-refractivity contribution is -0.211. The van der Waals surface area contributed by atoms with Gasteiger partial charge in [0, 0.05) is 23.4 Å². The lowest BCUT2D eigenvalue weighted by Gasteiger charge is -2.46. The number of hydrogen-bond donors (Lipinski definition) is 3. The van der Waals surface area contributed by atoms with Crippen molar-refractivity contribution in [3.05, 3.63) is 63.8 Å². The Labute approximate surface area is 261 Å². The number of aliphatic hydroxyl groups excluding tert-OH is 3. The molecule has 2 heterocycles. The van der Waals surface area contributed by atoms with Crippen molar-refractivity contribution in [3.63, 3.8) is 0 Å². The molecule has 2 fully saturated rings. The minimum Gasteiger partial charge on any atom is -0.394 e. The van der Waals surface area contributed by atoms with Crippen molar-refractivity contribution in [1.29, 1.82) is 5.26 Å². The number of methoxy groups -OCH3 is 1. The number of anilines is 1. The first-order chi connectivity index (χ1) is 21.1. The summed E-state index contributed by atoms with van der Waals surface area (Å²) in [5, 5.41) is 49.6. The summed E-state index contributed by atoms with van der Waals surface area (Å²) in [4.78, 5) is 15.8. The number of nitrogens with zero attached hydrogens (tertiary/aromatic N) is 5. The number of halogens is 4. The van der Waals surface area contributed by atoms with Crippen molar-refractivity contribution in [1.82, 2.24) is 15.0 Å². The van der Waals surface area contributed by atoms with Crippen molar-refractivity contribution in [3.8, 4) is 17.3 Å². The Morgan fingerprint density at radius 1 is 1.20 bits per heavy atom. The summed E-state index contributed by atoms with van der Waals surface area (Å²) in [6.45, 7) is -0.696. The molecule has 1 aliphatic heterocycles. The zero-order valence-electron chi connectivity index (χ0n) is 23.4. The minimum atomic E-state index is -1.49. The van der Waals surface area contributed by atoms with Gasteiger partial charge in [-0.2, -0.15) is 5.26 Å². The van der Waals surface area contributed by atoms with Gasteiger partial charge in [-0.3, -0.25) is 4.79 Å². The SMILES string of the molecule is CO[C@@H]1[C@@H](n2cc(-c3ccc(Cl)c(F)c3F)nn2)[C@@H](O)[C@@H](CO)O[C@H]1C(=O)N(c1cc(Cl)cc(C#N)c1)[C@H]1CCCC[C@@H]1O. The van der Waals surface area contributed by atoms with Crippen LogP contribution in [0.25, 0.3) is 11.3 Å². The number of aromatic nitrogens is 3. The van der Waals surface area contributed by atoms with Gasteiger partial charge in [0.25, 0.3) is 5.91 Å². The van der Waals surface area contributed by atoms with Crippen LogP contribution < -0.4 is 4.90 Å². The Balaban J connectivity index is 1.56. The van der Waals surface area contributed by atoms with Gasteiger partial charge in [0.15, 0.2) is 17.7 Å². The Hall–Kier alpha value is -3.22. The summed E-state index contributed by atoms with van der Waals surface area (Å²) >= 11 is 12.0. The predicted molar refractivity (Wildman–Crippen MR) is 154 cm³/mol. The van der Waals surface area contributed by atoms with Crippen LogP contribution in [0.15, 0.2) is 36.5 Å². The minimum absolute atomic E-state index is 0.0926. The van der Waals surface area contributed by atoms with Crippen LogP contribution in [0.5, 0.6) is 0 Å². The van der Waals surface area contributed by atoms with E-state index >= 15 is 0 Å². The smallest absolute Gasteiger partial charge is 0.259 e. The normalized spacial score (nSPS) is 27.1. The quantitative estimate of drug-likeness (QED) is 0.326. The van der Waals surface area contributed by atoms with Crippen LogP contribution in [0.3, 0.4) is 0 Å². The first kappa shape index (κ1) is 32.2. The number of carbonyl (C=O) groups excluding carboxylic acids is 1. The second kappa shape index (κ2) is 13.4. The molecule has 3 N–H and O–H groups in total. The maximum atomic E-state index is 14.7. The maximum Gasteiger partial charge on any atom is 0.259 e. The molecule has 11 nitrogen and oxygen atoms in total. The van der Waals surface area contributed by atoms with E-state index in [1.54, 1.807) is 0 Å². The Morgan fingerprint density at radius 3 is 2.64 bits per heavy atom. The van der Waals surface area contributed by atoms with Gasteiger partial charge >= 0.3 is 0 Å². The lowest BCUT2D eigenvalue weighted by atomic mass is 9.88. The monoisotopic (exact) mass is 651 g/mol. The predicted octanol–water partition coefficient (Wildman–Crippen LogP) is 3.42. The zero-order chi connectivity index (χ0) is 31.7. The van der Waals surface area contributed by atoms with E-state index in [4.69, 9.17) is 32.7 Å². The second-order valence-corrected chi connectivity index (χ2v) is 11.5. The molecule has 0 unspecified atom stereocenters. The average Bonchev–Trinajstić information content (AvgIpc) is 3.49. The van der Waals surface area contributed by atoms with E-state index < -0.39 is 71.8 Å². The molecule has 5 rings (SSSR count). The first-order valence-corrected chi connectivity index (χ1v) is 14.6. The van der Waals surface area contributed by atoms with Crippen LogP contribution in [0.4, 0.5) is 14.5 Å². The summed E-state index contributed by atoms with van der Waals surface area (Å²) < 4.78 is 41.6. The van der Waals surface area contributed by atoms with E-state index in [1.165, 1.54) is 42.5 Å². The van der Waals surface area contributed by atoms with E-state index in [1.807, 2.05) is 6.07 Å². The third-order valence-electron chi connectivity index (χ3n) is 8.06. The summed E-state index contributed by atoms with van der Waals surface area (Å²) in [5.41, 5.74) is 0.0950. The number of rotatable bonds is 7. The van der Waals surface area contributed by atoms with Gasteiger partial charge in [0.2, 0.25) is 0 Å². The number of ether oxygens (including phenoxy) is 2. The molecule has 1 saturated heterocycles. The number of amides is 1. The highest BCUT2D eigenvalue weighted by Gasteiger charge is 2.52. The fraction of sp³-hybridized carbons (Fsp3) is 0.448. The highest BCUT2D eigenvalue weighted by Crippen LogP contribution is 2.37. The number of aliphatic hydroxyl groups is 3. The molecule has 0 spiro atoms. The largest absolute Gasteiger partial charge is 0.394 e. The van der Waals surface area contributed by atoms with Crippen molar-refractivity contribution in [2.45, 2.75) is 68.3 Å². The highest BCUT2D eigenvalue weighted by molar-refractivity contribution is 6.31. The van der Waals surface area contributed by atoms with Crippen molar-refractivity contribution >= 4 is 34.8 Å². The maximum absolute atomic E-state index is 14.7. The standard InChI is InChI=1S/C29H29Cl2F2N5O6/c1-43-27-25(37-12-19(35-36-37)17-6-7-18(31)24(33)23(17)32)26(41)22(13-39)44-28(27)29(42)38(20-4-2-3-5-21(20)40)16-9-14(11-34)8-15(30)10-16/h6-10,12,20-22,25-28,39-41H,2-5,13H2,1H3/t20-,21-,22+,25-,26-,27+,28+/m0/s1. The van der Waals surface area contributed by atoms with Crippen LogP contribution >= 0.6 is 23.2 Å². The first-order valence-electron chi connectivity index (χ1n) is 13.8. The Bertz CT molecular complexity index is 1570. The highest BCUT2D eigenvalue weighted by atomic mass is 35.5. The summed E-state index contributed by atoms with van der Waals surface area (Å²) in [6, 6.07) is 6.88. The van der Waals surface area contributed by atoms with Crippen LogP contribution in [-0.2, 0) is 14.3 Å². The molecule has 1 saturated carbocycles. The molecule has 2 aliphatic rings. The Kier molecular flexibility index (Phi) is 9.81. The van der Waals surface area contributed by atoms with Crippen molar-refractivity contribution in [2.24, 2.45) is 0 Å². The van der Waals surface area contributed by atoms with Gasteiger partial charge in [-0.25, -0.2) is 13.5 Å². The molecule has 3 aromatic rings. The molecule has 0 radical (unpaired) electrons. The van der Waals surface area contributed by atoms with Gasteiger partial charge in [-0.15, -0.1) is 5.10 Å². The van der Waals surface area contributed by atoms with Crippen molar-refractivity contribution in [2.75, 3.05) is 18.6 Å². The molecule has 1 aliphatic carbocycles. The summed E-state index contributed by atoms with van der Waals surface area (Å²) in [5.74, 6) is -3.20. The average molecular weight is 652 g/mol. The van der Waals surface area contributed by atoms with Crippen molar-refractivity contribution < 1.29 is 38.4 Å². The third-order valence-corrected chi connectivity index (χ3v) is 8.57.